The molecule has 0 aromatic heterocycles. The number of benzene rings is 3. The van der Waals surface area contributed by atoms with Crippen molar-refractivity contribution in [2.45, 2.75) is 97.8 Å². The van der Waals surface area contributed by atoms with Crippen LogP contribution in [-0.2, 0) is 10.8 Å². The second-order valence-electron chi connectivity index (χ2n) is 11.2. The van der Waals surface area contributed by atoms with Crippen LogP contribution >= 0.6 is 0 Å². The fourth-order valence-corrected chi connectivity index (χ4v) is 6.60. The molecule has 3 aromatic rings. The van der Waals surface area contributed by atoms with Crippen molar-refractivity contribution < 1.29 is 8.95 Å². The summed E-state index contributed by atoms with van der Waals surface area (Å²) in [5.74, 6) is 2.75. The van der Waals surface area contributed by atoms with Crippen LogP contribution in [0.2, 0.25) is 0 Å². The third-order valence-electron chi connectivity index (χ3n) is 7.77. The van der Waals surface area contributed by atoms with Gasteiger partial charge in [-0.3, -0.25) is 4.21 Å². The van der Waals surface area contributed by atoms with Gasteiger partial charge in [0.2, 0.25) is 0 Å². The SMILES string of the molecule is CCCCCS(=O)CCCCCCCCCCOc1ccc(/C(=C(\CC)c2ccccc2)c2ccc(C)cc2)cc1. The van der Waals surface area contributed by atoms with Crippen molar-refractivity contribution in [2.24, 2.45) is 0 Å². The van der Waals surface area contributed by atoms with E-state index >= 15 is 0 Å². The van der Waals surface area contributed by atoms with Crippen molar-refractivity contribution in [1.29, 1.82) is 0 Å². The van der Waals surface area contributed by atoms with Gasteiger partial charge in [-0.15, -0.1) is 0 Å². The molecule has 0 aliphatic carbocycles. The van der Waals surface area contributed by atoms with E-state index in [4.69, 9.17) is 4.74 Å². The maximum Gasteiger partial charge on any atom is 0.119 e. The van der Waals surface area contributed by atoms with E-state index in [9.17, 15) is 4.21 Å². The van der Waals surface area contributed by atoms with Gasteiger partial charge >= 0.3 is 0 Å². The molecule has 0 spiro atoms. The number of hydrogen-bond donors (Lipinski definition) is 0. The number of ether oxygens (including phenoxy) is 1. The highest BCUT2D eigenvalue weighted by molar-refractivity contribution is 7.84. The molecule has 222 valence electrons. The van der Waals surface area contributed by atoms with Gasteiger partial charge in [-0.2, -0.15) is 0 Å². The Labute approximate surface area is 253 Å². The van der Waals surface area contributed by atoms with Gasteiger partial charge in [0.15, 0.2) is 0 Å². The number of rotatable bonds is 20. The van der Waals surface area contributed by atoms with Crippen LogP contribution in [0.25, 0.3) is 11.1 Å². The second kappa shape index (κ2) is 19.5. The number of hydrogen-bond acceptors (Lipinski definition) is 2. The van der Waals surface area contributed by atoms with Crippen LogP contribution in [-0.4, -0.2) is 22.3 Å². The molecule has 3 heteroatoms. The largest absolute Gasteiger partial charge is 0.494 e. The molecule has 0 fully saturated rings. The van der Waals surface area contributed by atoms with E-state index in [0.29, 0.717) is 0 Å². The predicted octanol–water partition coefficient (Wildman–Crippen LogP) is 10.8. The molecule has 0 bridgehead atoms. The first-order valence-electron chi connectivity index (χ1n) is 16.1. The monoisotopic (exact) mass is 572 g/mol. The Morgan fingerprint density at radius 3 is 1.73 bits per heavy atom. The Balaban J connectivity index is 1.41. The summed E-state index contributed by atoms with van der Waals surface area (Å²) in [5, 5.41) is 0. The van der Waals surface area contributed by atoms with Crippen molar-refractivity contribution >= 4 is 21.9 Å². The van der Waals surface area contributed by atoms with Crippen molar-refractivity contribution in [3.8, 4) is 5.75 Å². The molecule has 0 saturated carbocycles. The van der Waals surface area contributed by atoms with E-state index in [2.05, 4.69) is 99.6 Å². The minimum Gasteiger partial charge on any atom is -0.494 e. The lowest BCUT2D eigenvalue weighted by atomic mass is 9.88. The Bertz CT molecular complexity index is 1160. The molecule has 3 rings (SSSR count). The standard InChI is InChI=1S/C38H52O2S/c1-4-6-17-30-41(39)31-18-12-10-8-7-9-11-16-29-40-36-27-25-35(26-28-36)38(34-23-21-32(3)22-24-34)37(5-2)33-19-14-13-15-20-33/h13-15,19-28H,4-12,16-18,29-31H2,1-3H3/b38-37+. The topological polar surface area (TPSA) is 26.3 Å². The zero-order valence-electron chi connectivity index (χ0n) is 25.8. The van der Waals surface area contributed by atoms with E-state index in [-0.39, 0.29) is 0 Å². The Kier molecular flexibility index (Phi) is 15.6. The molecule has 2 nitrogen and oxygen atoms in total. The van der Waals surface area contributed by atoms with E-state index in [0.717, 1.165) is 49.5 Å². The molecule has 0 aliphatic rings. The Morgan fingerprint density at radius 2 is 1.15 bits per heavy atom. The van der Waals surface area contributed by atoms with Crippen molar-refractivity contribution in [3.05, 3.63) is 101 Å². The summed E-state index contributed by atoms with van der Waals surface area (Å²) < 4.78 is 18.1. The fraction of sp³-hybridized carbons (Fsp3) is 0.474. The highest BCUT2D eigenvalue weighted by Gasteiger charge is 2.13. The first-order valence-corrected chi connectivity index (χ1v) is 17.5. The summed E-state index contributed by atoms with van der Waals surface area (Å²) in [6, 6.07) is 28.3. The summed E-state index contributed by atoms with van der Waals surface area (Å²) in [5.41, 5.74) is 7.69. The van der Waals surface area contributed by atoms with Gasteiger partial charge in [0, 0.05) is 22.3 Å². The van der Waals surface area contributed by atoms with Crippen LogP contribution < -0.4 is 4.74 Å². The Morgan fingerprint density at radius 1 is 0.610 bits per heavy atom. The molecule has 41 heavy (non-hydrogen) atoms. The van der Waals surface area contributed by atoms with Gasteiger partial charge < -0.3 is 4.74 Å². The van der Waals surface area contributed by atoms with Crippen molar-refractivity contribution in [2.75, 3.05) is 18.1 Å². The predicted molar refractivity (Wildman–Crippen MR) is 180 cm³/mol. The number of unbranched alkanes of at least 4 members (excludes halogenated alkanes) is 9. The van der Waals surface area contributed by atoms with Gasteiger partial charge in [0.25, 0.3) is 0 Å². The summed E-state index contributed by atoms with van der Waals surface area (Å²) in [4.78, 5) is 0. The van der Waals surface area contributed by atoms with Crippen LogP contribution in [0.15, 0.2) is 78.9 Å². The van der Waals surface area contributed by atoms with Gasteiger partial charge in [-0.25, -0.2) is 0 Å². The zero-order valence-corrected chi connectivity index (χ0v) is 26.7. The van der Waals surface area contributed by atoms with Crippen LogP contribution in [0, 0.1) is 6.92 Å². The maximum absolute atomic E-state index is 12.0. The van der Waals surface area contributed by atoms with E-state index in [1.807, 2.05) is 0 Å². The lowest BCUT2D eigenvalue weighted by Crippen LogP contribution is -2.02. The van der Waals surface area contributed by atoms with Crippen LogP contribution in [0.4, 0.5) is 0 Å². The minimum absolute atomic E-state index is 0.591. The second-order valence-corrected chi connectivity index (χ2v) is 12.9. The molecule has 0 saturated heterocycles. The van der Waals surface area contributed by atoms with Gasteiger partial charge in [-0.05, 0) is 72.6 Å². The molecule has 3 aromatic carbocycles. The highest BCUT2D eigenvalue weighted by Crippen LogP contribution is 2.35. The lowest BCUT2D eigenvalue weighted by Gasteiger charge is -2.17. The van der Waals surface area contributed by atoms with E-state index in [1.165, 1.54) is 84.8 Å². The average molecular weight is 573 g/mol. The van der Waals surface area contributed by atoms with Crippen molar-refractivity contribution in [1.82, 2.24) is 0 Å². The average Bonchev–Trinajstić information content (AvgIpc) is 3.00. The molecular formula is C38H52O2S. The summed E-state index contributed by atoms with van der Waals surface area (Å²) >= 11 is 0. The third-order valence-corrected chi connectivity index (χ3v) is 9.26. The summed E-state index contributed by atoms with van der Waals surface area (Å²) in [6.45, 7) is 7.35. The lowest BCUT2D eigenvalue weighted by molar-refractivity contribution is 0.304. The van der Waals surface area contributed by atoms with Crippen molar-refractivity contribution in [3.63, 3.8) is 0 Å². The van der Waals surface area contributed by atoms with Crippen LogP contribution in [0.3, 0.4) is 0 Å². The van der Waals surface area contributed by atoms with Gasteiger partial charge in [0.05, 0.1) is 6.61 Å². The normalized spacial score (nSPS) is 12.7. The molecule has 1 unspecified atom stereocenters. The Hall–Kier alpha value is -2.65. The van der Waals surface area contributed by atoms with E-state index in [1.54, 1.807) is 0 Å². The van der Waals surface area contributed by atoms with Crippen LogP contribution in [0.1, 0.15) is 113 Å². The molecule has 0 amide bonds. The summed E-state index contributed by atoms with van der Waals surface area (Å²) in [6.07, 6.45) is 14.3. The molecule has 0 heterocycles. The molecular weight excluding hydrogens is 520 g/mol. The smallest absolute Gasteiger partial charge is 0.119 e. The quantitative estimate of drug-likeness (QED) is 0.0994. The highest BCUT2D eigenvalue weighted by atomic mass is 32.2. The first-order chi connectivity index (χ1) is 20.1. The van der Waals surface area contributed by atoms with E-state index < -0.39 is 10.8 Å². The number of aryl methyl sites for hydroxylation is 1. The maximum atomic E-state index is 12.0. The molecule has 1 atom stereocenters. The first kappa shape index (κ1) is 32.9. The minimum atomic E-state index is -0.591. The molecule has 0 radical (unpaired) electrons. The fourth-order valence-electron chi connectivity index (χ4n) is 5.35. The molecule has 0 N–H and O–H groups in total. The van der Waals surface area contributed by atoms with Gasteiger partial charge in [0.1, 0.15) is 5.75 Å². The summed E-state index contributed by atoms with van der Waals surface area (Å²) in [7, 11) is -0.591. The third kappa shape index (κ3) is 12.0. The number of allylic oxidation sites excluding steroid dienone is 1. The zero-order chi connectivity index (χ0) is 29.1. The van der Waals surface area contributed by atoms with Gasteiger partial charge in [-0.1, -0.05) is 138 Å². The van der Waals surface area contributed by atoms with Crippen LogP contribution in [0.5, 0.6) is 5.75 Å². The molecule has 0 aliphatic heterocycles.